The van der Waals surface area contributed by atoms with E-state index in [1.54, 1.807) is 0 Å². The van der Waals surface area contributed by atoms with Gasteiger partial charge in [-0.15, -0.1) is 0 Å². The van der Waals surface area contributed by atoms with Crippen LogP contribution in [0.4, 0.5) is 0 Å². The first-order chi connectivity index (χ1) is 18.2. The largest absolute Gasteiger partial charge is 0.256 e. The molecule has 0 radical (unpaired) electrons. The highest BCUT2D eigenvalue weighted by atomic mass is 14.7. The van der Waals surface area contributed by atoms with Crippen LogP contribution in [0.5, 0.6) is 0 Å². The van der Waals surface area contributed by atoms with Crippen LogP contribution in [-0.4, -0.2) is 9.97 Å². The van der Waals surface area contributed by atoms with E-state index < -0.39 is 0 Å². The first-order valence-corrected chi connectivity index (χ1v) is 14.3. The first-order valence-electron chi connectivity index (χ1n) is 14.3. The summed E-state index contributed by atoms with van der Waals surface area (Å²) in [6.07, 6.45) is 1.89. The molecule has 2 aromatic heterocycles. The Kier molecular flexibility index (Phi) is 13.1. The van der Waals surface area contributed by atoms with Crippen molar-refractivity contribution in [1.82, 2.24) is 9.97 Å². The van der Waals surface area contributed by atoms with Gasteiger partial charge in [-0.25, -0.2) is 4.98 Å². The van der Waals surface area contributed by atoms with Gasteiger partial charge in [-0.3, -0.25) is 4.98 Å². The topological polar surface area (TPSA) is 25.8 Å². The van der Waals surface area contributed by atoms with Crippen LogP contribution in [0.2, 0.25) is 0 Å². The molecular formula is C36H50N2. The highest BCUT2D eigenvalue weighted by molar-refractivity contribution is 5.98. The summed E-state index contributed by atoms with van der Waals surface area (Å²) in [5, 5.41) is 3.80. The van der Waals surface area contributed by atoms with Crippen molar-refractivity contribution >= 4 is 32.7 Å². The minimum Gasteiger partial charge on any atom is -0.256 e. The second-order valence-electron chi connectivity index (χ2n) is 10.4. The summed E-state index contributed by atoms with van der Waals surface area (Å²) in [4.78, 5) is 9.11. The molecule has 0 aliphatic carbocycles. The highest BCUT2D eigenvalue weighted by Crippen LogP contribution is 2.35. The lowest BCUT2D eigenvalue weighted by Gasteiger charge is -2.23. The van der Waals surface area contributed by atoms with Gasteiger partial charge in [0.25, 0.3) is 0 Å². The summed E-state index contributed by atoms with van der Waals surface area (Å²) in [6.45, 7) is 25.5. The predicted molar refractivity (Wildman–Crippen MR) is 172 cm³/mol. The van der Waals surface area contributed by atoms with Gasteiger partial charge >= 0.3 is 0 Å². The van der Waals surface area contributed by atoms with E-state index in [1.165, 1.54) is 27.3 Å². The van der Waals surface area contributed by atoms with Crippen LogP contribution in [-0.2, 0) is 10.8 Å². The lowest BCUT2D eigenvalue weighted by atomic mass is 9.82. The molecule has 0 bridgehead atoms. The van der Waals surface area contributed by atoms with Gasteiger partial charge in [-0.2, -0.15) is 0 Å². The van der Waals surface area contributed by atoms with Gasteiger partial charge in [0, 0.05) is 22.4 Å². The Morgan fingerprint density at radius 1 is 0.447 bits per heavy atom. The Bertz CT molecular complexity index is 1330. The molecule has 2 heteroatoms. The Labute approximate surface area is 232 Å². The summed E-state index contributed by atoms with van der Waals surface area (Å²) >= 11 is 0. The number of rotatable bonds is 0. The van der Waals surface area contributed by atoms with Crippen molar-refractivity contribution in [3.63, 3.8) is 0 Å². The number of para-hydroxylation sites is 3. The molecule has 0 spiro atoms. The van der Waals surface area contributed by atoms with E-state index in [0.29, 0.717) is 0 Å². The van der Waals surface area contributed by atoms with E-state index in [2.05, 4.69) is 119 Å². The summed E-state index contributed by atoms with van der Waals surface area (Å²) in [7, 11) is 0. The van der Waals surface area contributed by atoms with Gasteiger partial charge in [0.2, 0.25) is 0 Å². The van der Waals surface area contributed by atoms with Crippen LogP contribution >= 0.6 is 0 Å². The SMILES string of the molecule is CC.CC.CC.CC(C)(C)c1c2ccccc2nc2ccccc12.CC(C)(C)c1ccnc2ccccc12. The maximum atomic E-state index is 4.75. The zero-order valence-corrected chi connectivity index (χ0v) is 26.0. The standard InChI is InChI=1S/C17H17N.C13H15N.3C2H6/c1-17(2,3)16-12-8-4-6-10-14(12)18-15-11-7-5-9-13(15)16;1-13(2,3)11-8-9-14-12-7-5-4-6-10(11)12;3*1-2/h4-11H,1-3H3;4-9H,1-3H3;3*1-2H3. The first kappa shape index (κ1) is 32.8. The second-order valence-corrected chi connectivity index (χ2v) is 10.4. The van der Waals surface area contributed by atoms with Gasteiger partial charge < -0.3 is 0 Å². The molecule has 0 aliphatic heterocycles. The van der Waals surface area contributed by atoms with E-state index >= 15 is 0 Å². The van der Waals surface area contributed by atoms with Gasteiger partial charge in [0.15, 0.2) is 0 Å². The average Bonchev–Trinajstić information content (AvgIpc) is 2.94. The zero-order valence-electron chi connectivity index (χ0n) is 26.0. The van der Waals surface area contributed by atoms with Gasteiger partial charge in [-0.1, -0.05) is 138 Å². The smallest absolute Gasteiger partial charge is 0.0712 e. The molecule has 0 N–H and O–H groups in total. The van der Waals surface area contributed by atoms with E-state index in [1.807, 2.05) is 53.8 Å². The molecule has 5 aromatic rings. The van der Waals surface area contributed by atoms with Gasteiger partial charge in [0.1, 0.15) is 0 Å². The maximum absolute atomic E-state index is 4.75. The third kappa shape index (κ3) is 8.12. The van der Waals surface area contributed by atoms with Crippen molar-refractivity contribution in [3.8, 4) is 0 Å². The molecule has 0 unspecified atom stereocenters. The Morgan fingerprint density at radius 3 is 1.26 bits per heavy atom. The van der Waals surface area contributed by atoms with Crippen molar-refractivity contribution < 1.29 is 0 Å². The fraction of sp³-hybridized carbons (Fsp3) is 0.389. The number of pyridine rings is 2. The minimum absolute atomic E-state index is 0.113. The van der Waals surface area contributed by atoms with Crippen LogP contribution in [0, 0.1) is 0 Å². The minimum atomic E-state index is 0.113. The summed E-state index contributed by atoms with van der Waals surface area (Å²) in [5.74, 6) is 0. The third-order valence-electron chi connectivity index (χ3n) is 5.79. The summed E-state index contributed by atoms with van der Waals surface area (Å²) in [6, 6.07) is 27.2. The van der Waals surface area contributed by atoms with E-state index in [4.69, 9.17) is 4.98 Å². The molecule has 204 valence electrons. The molecule has 2 nitrogen and oxygen atoms in total. The van der Waals surface area contributed by atoms with Crippen molar-refractivity contribution in [2.24, 2.45) is 0 Å². The Morgan fingerprint density at radius 2 is 0.842 bits per heavy atom. The third-order valence-corrected chi connectivity index (χ3v) is 5.79. The zero-order chi connectivity index (χ0) is 28.9. The number of aromatic nitrogens is 2. The quantitative estimate of drug-likeness (QED) is 0.194. The number of benzene rings is 3. The Hall–Kier alpha value is -3.26. The lowest BCUT2D eigenvalue weighted by Crippen LogP contribution is -2.13. The molecule has 0 saturated heterocycles. The van der Waals surface area contributed by atoms with Crippen LogP contribution in [0.15, 0.2) is 85.1 Å². The van der Waals surface area contributed by atoms with Crippen LogP contribution in [0.3, 0.4) is 0 Å². The monoisotopic (exact) mass is 510 g/mol. The Balaban J connectivity index is 0.000000325. The summed E-state index contributed by atoms with van der Waals surface area (Å²) < 4.78 is 0. The lowest BCUT2D eigenvalue weighted by molar-refractivity contribution is 0.595. The molecule has 3 aromatic carbocycles. The van der Waals surface area contributed by atoms with Crippen molar-refractivity contribution in [2.75, 3.05) is 0 Å². The fourth-order valence-corrected chi connectivity index (χ4v) is 4.40. The van der Waals surface area contributed by atoms with E-state index in [0.717, 1.165) is 16.6 Å². The molecule has 0 aliphatic rings. The second kappa shape index (κ2) is 15.2. The van der Waals surface area contributed by atoms with Crippen molar-refractivity contribution in [3.05, 3.63) is 96.2 Å². The number of hydrogen-bond acceptors (Lipinski definition) is 2. The van der Waals surface area contributed by atoms with Crippen LogP contribution < -0.4 is 0 Å². The van der Waals surface area contributed by atoms with Crippen LogP contribution in [0.1, 0.15) is 94.2 Å². The molecular weight excluding hydrogens is 460 g/mol. The van der Waals surface area contributed by atoms with E-state index in [9.17, 15) is 0 Å². The fourth-order valence-electron chi connectivity index (χ4n) is 4.40. The number of hydrogen-bond donors (Lipinski definition) is 0. The molecule has 0 saturated carbocycles. The molecule has 0 amide bonds. The van der Waals surface area contributed by atoms with Gasteiger partial charge in [-0.05, 0) is 46.2 Å². The molecule has 38 heavy (non-hydrogen) atoms. The van der Waals surface area contributed by atoms with Crippen LogP contribution in [0.25, 0.3) is 32.7 Å². The summed E-state index contributed by atoms with van der Waals surface area (Å²) in [5.41, 5.74) is 6.30. The van der Waals surface area contributed by atoms with E-state index in [-0.39, 0.29) is 10.8 Å². The predicted octanol–water partition coefficient (Wildman–Crippen LogP) is 11.3. The highest BCUT2D eigenvalue weighted by Gasteiger charge is 2.20. The molecule has 5 rings (SSSR count). The molecule has 2 heterocycles. The van der Waals surface area contributed by atoms with Crippen molar-refractivity contribution in [2.45, 2.75) is 93.9 Å². The molecule has 0 atom stereocenters. The average molecular weight is 511 g/mol. The van der Waals surface area contributed by atoms with Crippen molar-refractivity contribution in [1.29, 1.82) is 0 Å². The normalized spacial score (nSPS) is 10.6. The molecule has 0 fully saturated rings. The number of fused-ring (bicyclic) bond motifs is 3. The number of nitrogens with zero attached hydrogens (tertiary/aromatic N) is 2. The maximum Gasteiger partial charge on any atom is 0.0712 e. The van der Waals surface area contributed by atoms with Gasteiger partial charge in [0.05, 0.1) is 16.6 Å².